The van der Waals surface area contributed by atoms with E-state index in [-0.39, 0.29) is 0 Å². The van der Waals surface area contributed by atoms with Crippen LogP contribution in [0.2, 0.25) is 0 Å². The van der Waals surface area contributed by atoms with E-state index in [1.54, 1.807) is 6.33 Å². The van der Waals surface area contributed by atoms with Crippen LogP contribution in [0.5, 0.6) is 0 Å². The zero-order valence-corrected chi connectivity index (χ0v) is 8.61. The molecule has 1 saturated carbocycles. The number of rotatable bonds is 1. The van der Waals surface area contributed by atoms with E-state index >= 15 is 0 Å². The van der Waals surface area contributed by atoms with Gasteiger partial charge in [-0.25, -0.2) is 9.66 Å². The molecule has 4 heteroatoms. The average molecular weight is 194 g/mol. The van der Waals surface area contributed by atoms with E-state index in [4.69, 9.17) is 11.6 Å². The topological polar surface area (TPSA) is 69.9 Å². The second kappa shape index (κ2) is 3.52. The van der Waals surface area contributed by atoms with Gasteiger partial charge in [-0.2, -0.15) is 0 Å². The number of nitrogens with two attached hydrogens (primary N) is 2. The van der Waals surface area contributed by atoms with Crippen molar-refractivity contribution in [2.75, 3.05) is 11.6 Å². The summed E-state index contributed by atoms with van der Waals surface area (Å²) in [5.41, 5.74) is 6.84. The predicted molar refractivity (Wildman–Crippen MR) is 57.2 cm³/mol. The summed E-state index contributed by atoms with van der Waals surface area (Å²) in [7, 11) is 0. The maximum atomic E-state index is 5.84. The number of aromatic nitrogens is 2. The van der Waals surface area contributed by atoms with Crippen LogP contribution in [0.4, 0.5) is 5.82 Å². The molecular weight excluding hydrogens is 176 g/mol. The van der Waals surface area contributed by atoms with Crippen molar-refractivity contribution in [2.24, 2.45) is 5.92 Å². The first-order valence-electron chi connectivity index (χ1n) is 5.26. The summed E-state index contributed by atoms with van der Waals surface area (Å²) in [6.07, 6.45) is 6.55. The lowest BCUT2D eigenvalue weighted by Crippen LogP contribution is -2.15. The molecule has 1 aliphatic carbocycles. The third-order valence-electron chi connectivity index (χ3n) is 3.26. The van der Waals surface area contributed by atoms with Gasteiger partial charge in [-0.05, 0) is 18.8 Å². The molecule has 1 aromatic rings. The number of imidazole rings is 1. The molecule has 0 aliphatic heterocycles. The monoisotopic (exact) mass is 194 g/mol. The molecule has 0 amide bonds. The van der Waals surface area contributed by atoms with Crippen molar-refractivity contribution in [3.8, 4) is 0 Å². The molecule has 4 N–H and O–H groups in total. The van der Waals surface area contributed by atoms with Gasteiger partial charge in [-0.15, -0.1) is 0 Å². The highest BCUT2D eigenvalue weighted by molar-refractivity contribution is 5.38. The van der Waals surface area contributed by atoms with Gasteiger partial charge in [0.1, 0.15) is 12.1 Å². The van der Waals surface area contributed by atoms with Gasteiger partial charge >= 0.3 is 0 Å². The van der Waals surface area contributed by atoms with Crippen LogP contribution in [0.1, 0.15) is 44.2 Å². The van der Waals surface area contributed by atoms with Crippen LogP contribution in [-0.2, 0) is 0 Å². The summed E-state index contributed by atoms with van der Waals surface area (Å²) < 4.78 is 1.41. The Morgan fingerprint density at radius 1 is 1.36 bits per heavy atom. The third-order valence-corrected chi connectivity index (χ3v) is 3.26. The van der Waals surface area contributed by atoms with E-state index < -0.39 is 0 Å². The summed E-state index contributed by atoms with van der Waals surface area (Å²) in [6.45, 7) is 2.31. The van der Waals surface area contributed by atoms with Gasteiger partial charge < -0.3 is 11.6 Å². The third kappa shape index (κ3) is 1.56. The molecule has 1 aromatic heterocycles. The van der Waals surface area contributed by atoms with Crippen molar-refractivity contribution in [2.45, 2.75) is 38.5 Å². The molecule has 2 rings (SSSR count). The van der Waals surface area contributed by atoms with Gasteiger partial charge in [0.25, 0.3) is 0 Å². The molecule has 14 heavy (non-hydrogen) atoms. The molecule has 0 saturated heterocycles. The van der Waals surface area contributed by atoms with Crippen molar-refractivity contribution in [1.29, 1.82) is 0 Å². The molecule has 78 valence electrons. The van der Waals surface area contributed by atoms with Crippen LogP contribution in [0.3, 0.4) is 0 Å². The fraction of sp³-hybridized carbons (Fsp3) is 0.700. The van der Waals surface area contributed by atoms with Gasteiger partial charge in [0.05, 0.1) is 5.69 Å². The van der Waals surface area contributed by atoms with E-state index in [0.29, 0.717) is 11.7 Å². The lowest BCUT2D eigenvalue weighted by atomic mass is 9.81. The summed E-state index contributed by atoms with van der Waals surface area (Å²) in [6, 6.07) is 0. The van der Waals surface area contributed by atoms with E-state index in [0.717, 1.165) is 11.6 Å². The maximum absolute atomic E-state index is 5.84. The highest BCUT2D eigenvalue weighted by atomic mass is 15.3. The van der Waals surface area contributed by atoms with Gasteiger partial charge in [-0.3, -0.25) is 0 Å². The number of hydrogen-bond acceptors (Lipinski definition) is 3. The molecule has 0 aromatic carbocycles. The predicted octanol–water partition coefficient (Wildman–Crippen LogP) is 1.47. The Hall–Kier alpha value is -1.19. The zero-order valence-electron chi connectivity index (χ0n) is 8.61. The lowest BCUT2D eigenvalue weighted by molar-refractivity contribution is 0.345. The van der Waals surface area contributed by atoms with Gasteiger partial charge in [0.2, 0.25) is 0 Å². The Balaban J connectivity index is 2.12. The summed E-state index contributed by atoms with van der Waals surface area (Å²) >= 11 is 0. The van der Waals surface area contributed by atoms with Crippen molar-refractivity contribution in [3.05, 3.63) is 12.0 Å². The van der Waals surface area contributed by atoms with Crippen LogP contribution in [-0.4, -0.2) is 9.66 Å². The average Bonchev–Trinajstić information content (AvgIpc) is 2.50. The normalized spacial score (nSPS) is 27.8. The second-order valence-electron chi connectivity index (χ2n) is 4.38. The molecule has 0 unspecified atom stereocenters. The minimum absolute atomic E-state index is 0.524. The molecular formula is C10H18N4. The van der Waals surface area contributed by atoms with Crippen molar-refractivity contribution < 1.29 is 0 Å². The molecule has 1 aliphatic rings. The van der Waals surface area contributed by atoms with Gasteiger partial charge in [0, 0.05) is 5.92 Å². The highest BCUT2D eigenvalue weighted by Gasteiger charge is 2.23. The Labute approximate surface area is 84.3 Å². The molecule has 1 fully saturated rings. The Kier molecular flexibility index (Phi) is 2.35. The number of anilines is 1. The first-order valence-corrected chi connectivity index (χ1v) is 5.26. The summed E-state index contributed by atoms with van der Waals surface area (Å²) in [4.78, 5) is 4.28. The van der Waals surface area contributed by atoms with Crippen molar-refractivity contribution in [1.82, 2.24) is 9.66 Å². The van der Waals surface area contributed by atoms with Crippen molar-refractivity contribution in [3.63, 3.8) is 0 Å². The van der Waals surface area contributed by atoms with E-state index in [1.165, 1.54) is 30.4 Å². The lowest BCUT2D eigenvalue weighted by Gasteiger charge is -2.25. The van der Waals surface area contributed by atoms with Crippen LogP contribution >= 0.6 is 0 Å². The minimum Gasteiger partial charge on any atom is -0.382 e. The van der Waals surface area contributed by atoms with E-state index in [9.17, 15) is 0 Å². The summed E-state index contributed by atoms with van der Waals surface area (Å²) in [5, 5.41) is 0. The Morgan fingerprint density at radius 3 is 2.50 bits per heavy atom. The standard InChI is InChI=1S/C10H18N4/c1-7-2-4-8(5-3-7)9-10(11)14(12)6-13-9/h6-8H,2-5,11-12H2,1H3. The van der Waals surface area contributed by atoms with E-state index in [1.807, 2.05) is 0 Å². The number of nitrogens with zero attached hydrogens (tertiary/aromatic N) is 2. The second-order valence-corrected chi connectivity index (χ2v) is 4.38. The first kappa shape index (κ1) is 9.37. The van der Waals surface area contributed by atoms with Crippen LogP contribution in [0, 0.1) is 5.92 Å². The molecule has 0 atom stereocenters. The zero-order chi connectivity index (χ0) is 10.1. The van der Waals surface area contributed by atoms with Crippen molar-refractivity contribution >= 4 is 5.82 Å². The highest BCUT2D eigenvalue weighted by Crippen LogP contribution is 2.36. The first-order chi connectivity index (χ1) is 6.68. The molecule has 1 heterocycles. The number of hydrogen-bond donors (Lipinski definition) is 2. The Bertz CT molecular complexity index is 310. The largest absolute Gasteiger partial charge is 0.382 e. The fourth-order valence-electron chi connectivity index (χ4n) is 2.23. The summed E-state index contributed by atoms with van der Waals surface area (Å²) in [5.74, 6) is 7.61. The van der Waals surface area contributed by atoms with Crippen LogP contribution in [0.25, 0.3) is 0 Å². The maximum Gasteiger partial charge on any atom is 0.145 e. The molecule has 4 nitrogen and oxygen atoms in total. The van der Waals surface area contributed by atoms with Crippen LogP contribution < -0.4 is 11.6 Å². The molecule has 0 bridgehead atoms. The molecule has 0 radical (unpaired) electrons. The SMILES string of the molecule is CC1CCC(c2ncn(N)c2N)CC1. The number of nitrogen functional groups attached to an aromatic ring is 2. The fourth-order valence-corrected chi connectivity index (χ4v) is 2.23. The van der Waals surface area contributed by atoms with Crippen LogP contribution in [0.15, 0.2) is 6.33 Å². The quantitative estimate of drug-likeness (QED) is 0.665. The van der Waals surface area contributed by atoms with E-state index in [2.05, 4.69) is 11.9 Å². The molecule has 0 spiro atoms. The smallest absolute Gasteiger partial charge is 0.145 e. The Morgan fingerprint density at radius 2 is 2.00 bits per heavy atom. The minimum atomic E-state index is 0.524. The van der Waals surface area contributed by atoms with Gasteiger partial charge in [0.15, 0.2) is 0 Å². The van der Waals surface area contributed by atoms with Gasteiger partial charge in [-0.1, -0.05) is 19.8 Å².